The fourth-order valence-corrected chi connectivity index (χ4v) is 4.90. The normalized spacial score (nSPS) is 17.4. The van der Waals surface area contributed by atoms with E-state index in [4.69, 9.17) is 9.15 Å². The van der Waals surface area contributed by atoms with Crippen LogP contribution in [-0.2, 0) is 14.6 Å². The number of benzene rings is 2. The average Bonchev–Trinajstić information content (AvgIpc) is 3.22. The van der Waals surface area contributed by atoms with E-state index in [1.807, 2.05) is 24.3 Å². The van der Waals surface area contributed by atoms with Crippen LogP contribution < -0.4 is 0 Å². The molecule has 1 saturated heterocycles. The number of nitrogens with zero attached hydrogens (tertiary/aromatic N) is 2. The molecule has 0 spiro atoms. The number of carbonyl (C=O) groups excluding carboxylic acids is 1. The zero-order chi connectivity index (χ0) is 21.1. The van der Waals surface area contributed by atoms with Crippen molar-refractivity contribution in [1.29, 1.82) is 0 Å². The van der Waals surface area contributed by atoms with Crippen LogP contribution in [-0.4, -0.2) is 56.8 Å². The highest BCUT2D eigenvalue weighted by molar-refractivity contribution is 7.91. The standard InChI is InChI=1S/C22H24N2O5S/c1-28-13-14-30(26,27)18-10-8-16(9-11-18)22(25)24-12-4-5-17(15-24)21-23-19-6-2-3-7-20(19)29-21/h2-3,6-11,17H,4-5,12-15H2,1H3. The molecule has 1 fully saturated rings. The van der Waals surface area contributed by atoms with Crippen LogP contribution in [0.3, 0.4) is 0 Å². The highest BCUT2D eigenvalue weighted by Crippen LogP contribution is 2.29. The molecule has 3 aromatic rings. The van der Waals surface area contributed by atoms with E-state index < -0.39 is 9.84 Å². The van der Waals surface area contributed by atoms with Gasteiger partial charge in [-0.15, -0.1) is 0 Å². The third kappa shape index (κ3) is 4.24. The first-order valence-corrected chi connectivity index (χ1v) is 11.6. The number of para-hydroxylation sites is 2. The fourth-order valence-electron chi connectivity index (χ4n) is 3.73. The minimum atomic E-state index is -3.42. The van der Waals surface area contributed by atoms with Gasteiger partial charge in [-0.25, -0.2) is 13.4 Å². The van der Waals surface area contributed by atoms with Gasteiger partial charge in [0.25, 0.3) is 5.91 Å². The number of oxazole rings is 1. The van der Waals surface area contributed by atoms with Crippen LogP contribution in [0.15, 0.2) is 57.8 Å². The summed E-state index contributed by atoms with van der Waals surface area (Å²) in [5.74, 6) is 0.503. The highest BCUT2D eigenvalue weighted by atomic mass is 32.2. The molecule has 1 atom stereocenters. The molecular weight excluding hydrogens is 404 g/mol. The molecule has 0 N–H and O–H groups in total. The first kappa shape index (κ1) is 20.6. The minimum Gasteiger partial charge on any atom is -0.440 e. The van der Waals surface area contributed by atoms with E-state index in [-0.39, 0.29) is 29.1 Å². The van der Waals surface area contributed by atoms with Gasteiger partial charge < -0.3 is 14.1 Å². The van der Waals surface area contributed by atoms with Crippen molar-refractivity contribution < 1.29 is 22.4 Å². The Labute approximate surface area is 175 Å². The van der Waals surface area contributed by atoms with E-state index >= 15 is 0 Å². The maximum Gasteiger partial charge on any atom is 0.253 e. The molecule has 2 aromatic carbocycles. The van der Waals surface area contributed by atoms with Crippen molar-refractivity contribution in [3.63, 3.8) is 0 Å². The third-order valence-electron chi connectivity index (χ3n) is 5.38. The van der Waals surface area contributed by atoms with Gasteiger partial charge in [-0.1, -0.05) is 12.1 Å². The number of ether oxygens (including phenoxy) is 1. The number of fused-ring (bicyclic) bond motifs is 1. The van der Waals surface area contributed by atoms with Gasteiger partial charge in [0.2, 0.25) is 0 Å². The summed E-state index contributed by atoms with van der Waals surface area (Å²) in [4.78, 5) is 19.6. The maximum atomic E-state index is 13.0. The first-order valence-electron chi connectivity index (χ1n) is 9.94. The van der Waals surface area contributed by atoms with Gasteiger partial charge in [-0.3, -0.25) is 4.79 Å². The lowest BCUT2D eigenvalue weighted by Gasteiger charge is -2.31. The van der Waals surface area contributed by atoms with Crippen LogP contribution in [0.5, 0.6) is 0 Å². The lowest BCUT2D eigenvalue weighted by atomic mass is 9.97. The Balaban J connectivity index is 1.47. The molecule has 2 heterocycles. The summed E-state index contributed by atoms with van der Waals surface area (Å²) in [6, 6.07) is 13.8. The molecule has 1 unspecified atom stereocenters. The van der Waals surface area contributed by atoms with Gasteiger partial charge in [0.1, 0.15) is 5.52 Å². The molecule has 0 saturated carbocycles. The summed E-state index contributed by atoms with van der Waals surface area (Å²) in [6.07, 6.45) is 1.77. The summed E-state index contributed by atoms with van der Waals surface area (Å²) >= 11 is 0. The Bertz CT molecular complexity index is 1100. The zero-order valence-corrected chi connectivity index (χ0v) is 17.6. The lowest BCUT2D eigenvalue weighted by molar-refractivity contribution is 0.0699. The van der Waals surface area contributed by atoms with E-state index in [0.717, 1.165) is 23.9 Å². The smallest absolute Gasteiger partial charge is 0.253 e. The molecule has 1 aromatic heterocycles. The monoisotopic (exact) mass is 428 g/mol. The molecule has 1 aliphatic rings. The second-order valence-corrected chi connectivity index (χ2v) is 9.56. The number of piperidine rings is 1. The number of likely N-dealkylation sites (tertiary alicyclic amines) is 1. The van der Waals surface area contributed by atoms with Crippen molar-refractivity contribution in [2.45, 2.75) is 23.7 Å². The van der Waals surface area contributed by atoms with Crippen molar-refractivity contribution in [3.8, 4) is 0 Å². The number of methoxy groups -OCH3 is 1. The maximum absolute atomic E-state index is 13.0. The highest BCUT2D eigenvalue weighted by Gasteiger charge is 2.29. The number of carbonyl (C=O) groups is 1. The number of aromatic nitrogens is 1. The number of rotatable bonds is 6. The Hall–Kier alpha value is -2.71. The van der Waals surface area contributed by atoms with Gasteiger partial charge in [0.15, 0.2) is 21.3 Å². The Morgan fingerprint density at radius 1 is 1.20 bits per heavy atom. The quantitative estimate of drug-likeness (QED) is 0.599. The van der Waals surface area contributed by atoms with Crippen LogP contribution in [0.4, 0.5) is 0 Å². The molecule has 4 rings (SSSR count). The van der Waals surface area contributed by atoms with Gasteiger partial charge >= 0.3 is 0 Å². The number of hydrogen-bond acceptors (Lipinski definition) is 6. The van der Waals surface area contributed by atoms with E-state index in [1.54, 1.807) is 17.0 Å². The molecule has 1 aliphatic heterocycles. The molecule has 8 heteroatoms. The topological polar surface area (TPSA) is 89.7 Å². The minimum absolute atomic E-state index is 0.0452. The van der Waals surface area contributed by atoms with E-state index in [1.165, 1.54) is 19.2 Å². The van der Waals surface area contributed by atoms with Crippen molar-refractivity contribution in [2.75, 3.05) is 32.6 Å². The van der Waals surface area contributed by atoms with Crippen molar-refractivity contribution in [3.05, 3.63) is 60.0 Å². The lowest BCUT2D eigenvalue weighted by Crippen LogP contribution is -2.39. The Morgan fingerprint density at radius 2 is 1.97 bits per heavy atom. The van der Waals surface area contributed by atoms with Crippen molar-refractivity contribution in [2.24, 2.45) is 0 Å². The fraction of sp³-hybridized carbons (Fsp3) is 0.364. The molecule has 0 aliphatic carbocycles. The molecular formula is C22H24N2O5S. The van der Waals surface area contributed by atoms with E-state index in [0.29, 0.717) is 24.5 Å². The largest absolute Gasteiger partial charge is 0.440 e. The third-order valence-corrected chi connectivity index (χ3v) is 7.08. The Kier molecular flexibility index (Phi) is 5.87. The van der Waals surface area contributed by atoms with Gasteiger partial charge in [0, 0.05) is 25.8 Å². The summed E-state index contributed by atoms with van der Waals surface area (Å²) < 4.78 is 35.3. The first-order chi connectivity index (χ1) is 14.5. The summed E-state index contributed by atoms with van der Waals surface area (Å²) in [6.45, 7) is 1.32. The summed E-state index contributed by atoms with van der Waals surface area (Å²) in [5, 5.41) is 0. The van der Waals surface area contributed by atoms with Crippen LogP contribution in [0.1, 0.15) is 35.0 Å². The molecule has 1 amide bonds. The zero-order valence-electron chi connectivity index (χ0n) is 16.8. The number of amides is 1. The van der Waals surface area contributed by atoms with Crippen LogP contribution in [0.25, 0.3) is 11.1 Å². The van der Waals surface area contributed by atoms with E-state index in [9.17, 15) is 13.2 Å². The second kappa shape index (κ2) is 8.57. The Morgan fingerprint density at radius 3 is 2.70 bits per heavy atom. The van der Waals surface area contributed by atoms with Gasteiger partial charge in [0.05, 0.1) is 23.2 Å². The van der Waals surface area contributed by atoms with Crippen LogP contribution in [0.2, 0.25) is 0 Å². The predicted molar refractivity (Wildman–Crippen MR) is 112 cm³/mol. The molecule has 0 bridgehead atoms. The SMILES string of the molecule is COCCS(=O)(=O)c1ccc(C(=O)N2CCCC(c3nc4ccccc4o3)C2)cc1. The predicted octanol–water partition coefficient (Wildman–Crippen LogP) is 3.27. The van der Waals surface area contributed by atoms with Crippen LogP contribution in [0, 0.1) is 0 Å². The molecule has 7 nitrogen and oxygen atoms in total. The second-order valence-electron chi connectivity index (χ2n) is 7.45. The van der Waals surface area contributed by atoms with Gasteiger partial charge in [-0.2, -0.15) is 0 Å². The van der Waals surface area contributed by atoms with E-state index in [2.05, 4.69) is 4.98 Å². The van der Waals surface area contributed by atoms with Crippen LogP contribution >= 0.6 is 0 Å². The molecule has 30 heavy (non-hydrogen) atoms. The average molecular weight is 429 g/mol. The number of sulfone groups is 1. The molecule has 0 radical (unpaired) electrons. The van der Waals surface area contributed by atoms with Gasteiger partial charge in [-0.05, 0) is 49.2 Å². The molecule has 158 valence electrons. The number of hydrogen-bond donors (Lipinski definition) is 0. The van der Waals surface area contributed by atoms with Crippen molar-refractivity contribution in [1.82, 2.24) is 9.88 Å². The van der Waals surface area contributed by atoms with Crippen molar-refractivity contribution >= 4 is 26.8 Å². The summed E-state index contributed by atoms with van der Waals surface area (Å²) in [5.41, 5.74) is 2.04. The summed E-state index contributed by atoms with van der Waals surface area (Å²) in [7, 11) is -1.96.